The van der Waals surface area contributed by atoms with Crippen molar-refractivity contribution in [1.29, 1.82) is 0 Å². The van der Waals surface area contributed by atoms with E-state index < -0.39 is 0 Å². The molecule has 1 aliphatic carbocycles. The summed E-state index contributed by atoms with van der Waals surface area (Å²) in [5.41, 5.74) is 0. The van der Waals surface area contributed by atoms with Crippen LogP contribution in [0.15, 0.2) is 0 Å². The van der Waals surface area contributed by atoms with Gasteiger partial charge in [0.1, 0.15) is 0 Å². The van der Waals surface area contributed by atoms with E-state index in [2.05, 4.69) is 11.6 Å². The lowest BCUT2D eigenvalue weighted by Gasteiger charge is -2.31. The summed E-state index contributed by atoms with van der Waals surface area (Å²) in [6, 6.07) is 0.611. The SMILES string of the molecule is COC1CCCCC1NCCCCCCSC. The van der Waals surface area contributed by atoms with E-state index in [1.165, 1.54) is 63.7 Å². The molecular formula is C14H29NOS. The molecule has 102 valence electrons. The number of unbranched alkanes of at least 4 members (excludes halogenated alkanes) is 3. The lowest BCUT2D eigenvalue weighted by Crippen LogP contribution is -2.43. The van der Waals surface area contributed by atoms with Crippen molar-refractivity contribution in [3.8, 4) is 0 Å². The Balaban J connectivity index is 1.97. The minimum Gasteiger partial charge on any atom is -0.380 e. The minimum absolute atomic E-state index is 0.459. The van der Waals surface area contributed by atoms with Crippen molar-refractivity contribution in [3.05, 3.63) is 0 Å². The third kappa shape index (κ3) is 6.68. The van der Waals surface area contributed by atoms with Gasteiger partial charge in [-0.15, -0.1) is 0 Å². The van der Waals surface area contributed by atoms with Crippen LogP contribution in [0.4, 0.5) is 0 Å². The quantitative estimate of drug-likeness (QED) is 0.641. The number of thioether (sulfide) groups is 1. The highest BCUT2D eigenvalue weighted by atomic mass is 32.2. The molecule has 0 aromatic carbocycles. The molecule has 0 aromatic heterocycles. The zero-order valence-electron chi connectivity index (χ0n) is 11.5. The number of methoxy groups -OCH3 is 1. The highest BCUT2D eigenvalue weighted by Crippen LogP contribution is 2.20. The van der Waals surface area contributed by atoms with Crippen molar-refractivity contribution in [2.75, 3.05) is 25.7 Å². The van der Waals surface area contributed by atoms with Gasteiger partial charge in [0.2, 0.25) is 0 Å². The number of nitrogens with one attached hydrogen (secondary N) is 1. The molecule has 1 N–H and O–H groups in total. The van der Waals surface area contributed by atoms with Gasteiger partial charge in [0.15, 0.2) is 0 Å². The molecule has 1 fully saturated rings. The second-order valence-corrected chi connectivity index (χ2v) is 6.01. The van der Waals surface area contributed by atoms with Crippen LogP contribution in [0.3, 0.4) is 0 Å². The molecule has 0 aromatic rings. The van der Waals surface area contributed by atoms with Crippen molar-refractivity contribution >= 4 is 11.8 Å². The van der Waals surface area contributed by atoms with Gasteiger partial charge in [0, 0.05) is 13.2 Å². The number of hydrogen-bond donors (Lipinski definition) is 1. The van der Waals surface area contributed by atoms with Crippen molar-refractivity contribution < 1.29 is 4.74 Å². The highest BCUT2D eigenvalue weighted by Gasteiger charge is 2.23. The maximum absolute atomic E-state index is 5.55. The molecule has 0 spiro atoms. The van der Waals surface area contributed by atoms with E-state index in [9.17, 15) is 0 Å². The predicted octanol–water partition coefficient (Wildman–Crippen LogP) is 3.46. The summed E-state index contributed by atoms with van der Waals surface area (Å²) in [6.07, 6.45) is 13.4. The molecule has 0 radical (unpaired) electrons. The predicted molar refractivity (Wildman–Crippen MR) is 77.9 cm³/mol. The summed E-state index contributed by atoms with van der Waals surface area (Å²) in [5.74, 6) is 1.32. The fourth-order valence-electron chi connectivity index (χ4n) is 2.62. The summed E-state index contributed by atoms with van der Waals surface area (Å²) < 4.78 is 5.55. The lowest BCUT2D eigenvalue weighted by atomic mass is 9.92. The molecule has 0 amide bonds. The van der Waals surface area contributed by atoms with Crippen LogP contribution in [-0.2, 0) is 4.74 Å². The monoisotopic (exact) mass is 259 g/mol. The van der Waals surface area contributed by atoms with Crippen LogP contribution in [0.2, 0.25) is 0 Å². The standard InChI is InChI=1S/C14H29NOS/c1-16-14-10-6-5-9-13(14)15-11-7-3-4-8-12-17-2/h13-15H,3-12H2,1-2H3. The third-order valence-electron chi connectivity index (χ3n) is 3.69. The first-order valence-corrected chi connectivity index (χ1v) is 8.53. The van der Waals surface area contributed by atoms with Gasteiger partial charge in [-0.25, -0.2) is 0 Å². The van der Waals surface area contributed by atoms with Crippen LogP contribution < -0.4 is 5.32 Å². The summed E-state index contributed by atoms with van der Waals surface area (Å²) >= 11 is 1.96. The molecule has 2 unspecified atom stereocenters. The Morgan fingerprint density at radius 2 is 1.88 bits per heavy atom. The molecule has 0 aliphatic heterocycles. The van der Waals surface area contributed by atoms with E-state index in [0.29, 0.717) is 12.1 Å². The summed E-state index contributed by atoms with van der Waals surface area (Å²) in [5, 5.41) is 3.68. The summed E-state index contributed by atoms with van der Waals surface area (Å²) in [7, 11) is 1.85. The van der Waals surface area contributed by atoms with Crippen molar-refractivity contribution in [2.24, 2.45) is 0 Å². The van der Waals surface area contributed by atoms with Gasteiger partial charge in [-0.05, 0) is 44.2 Å². The van der Waals surface area contributed by atoms with Crippen LogP contribution in [0.1, 0.15) is 51.4 Å². The maximum atomic E-state index is 5.55. The maximum Gasteiger partial charge on any atom is 0.0724 e. The van der Waals surface area contributed by atoms with Gasteiger partial charge in [-0.3, -0.25) is 0 Å². The third-order valence-corrected chi connectivity index (χ3v) is 4.38. The second-order valence-electron chi connectivity index (χ2n) is 5.03. The first-order valence-electron chi connectivity index (χ1n) is 7.13. The van der Waals surface area contributed by atoms with E-state index in [-0.39, 0.29) is 0 Å². The van der Waals surface area contributed by atoms with Crippen LogP contribution in [0, 0.1) is 0 Å². The van der Waals surface area contributed by atoms with Crippen LogP contribution in [0.25, 0.3) is 0 Å². The van der Waals surface area contributed by atoms with Crippen LogP contribution in [-0.4, -0.2) is 37.8 Å². The van der Waals surface area contributed by atoms with Gasteiger partial charge in [0.25, 0.3) is 0 Å². The average Bonchev–Trinajstić information content (AvgIpc) is 2.38. The first kappa shape index (κ1) is 15.3. The molecule has 0 bridgehead atoms. The Hall–Kier alpha value is 0.270. The smallest absolute Gasteiger partial charge is 0.0724 e. The molecule has 17 heavy (non-hydrogen) atoms. The zero-order valence-corrected chi connectivity index (χ0v) is 12.4. The van der Waals surface area contributed by atoms with E-state index >= 15 is 0 Å². The van der Waals surface area contributed by atoms with Crippen molar-refractivity contribution in [1.82, 2.24) is 5.32 Å². The molecule has 3 heteroatoms. The fourth-order valence-corrected chi connectivity index (χ4v) is 3.12. The van der Waals surface area contributed by atoms with Gasteiger partial charge < -0.3 is 10.1 Å². The van der Waals surface area contributed by atoms with Gasteiger partial charge in [-0.2, -0.15) is 11.8 Å². The van der Waals surface area contributed by atoms with Gasteiger partial charge in [0.05, 0.1) is 6.10 Å². The first-order chi connectivity index (χ1) is 8.38. The fraction of sp³-hybridized carbons (Fsp3) is 1.00. The Morgan fingerprint density at radius 1 is 1.12 bits per heavy atom. The van der Waals surface area contributed by atoms with E-state index in [1.54, 1.807) is 0 Å². The molecule has 2 atom stereocenters. The highest BCUT2D eigenvalue weighted by molar-refractivity contribution is 7.98. The number of ether oxygens (including phenoxy) is 1. The second kappa shape index (κ2) is 10.2. The van der Waals surface area contributed by atoms with E-state index in [4.69, 9.17) is 4.74 Å². The van der Waals surface area contributed by atoms with Crippen LogP contribution >= 0.6 is 11.8 Å². The Morgan fingerprint density at radius 3 is 2.65 bits per heavy atom. The Kier molecular flexibility index (Phi) is 9.21. The topological polar surface area (TPSA) is 21.3 Å². The van der Waals surface area contributed by atoms with Crippen LogP contribution in [0.5, 0.6) is 0 Å². The van der Waals surface area contributed by atoms with Gasteiger partial charge >= 0.3 is 0 Å². The molecule has 1 saturated carbocycles. The van der Waals surface area contributed by atoms with E-state index in [0.717, 1.165) is 0 Å². The zero-order chi connectivity index (χ0) is 12.3. The Labute approximate surface area is 111 Å². The number of hydrogen-bond acceptors (Lipinski definition) is 3. The summed E-state index contributed by atoms with van der Waals surface area (Å²) in [6.45, 7) is 1.17. The summed E-state index contributed by atoms with van der Waals surface area (Å²) in [4.78, 5) is 0. The molecule has 1 aliphatic rings. The van der Waals surface area contributed by atoms with Crippen molar-refractivity contribution in [3.63, 3.8) is 0 Å². The molecular weight excluding hydrogens is 230 g/mol. The molecule has 2 nitrogen and oxygen atoms in total. The largest absolute Gasteiger partial charge is 0.380 e. The van der Waals surface area contributed by atoms with Gasteiger partial charge in [-0.1, -0.05) is 25.7 Å². The molecule has 1 rings (SSSR count). The number of rotatable bonds is 9. The van der Waals surface area contributed by atoms with E-state index in [1.807, 2.05) is 18.9 Å². The van der Waals surface area contributed by atoms with Crippen molar-refractivity contribution in [2.45, 2.75) is 63.5 Å². The lowest BCUT2D eigenvalue weighted by molar-refractivity contribution is 0.0419. The average molecular weight is 259 g/mol. The molecule has 0 saturated heterocycles. The normalized spacial score (nSPS) is 25.1. The molecule has 0 heterocycles. The minimum atomic E-state index is 0.459. The Bertz CT molecular complexity index is 178.